The number of hydrogen-bond acceptors (Lipinski definition) is 8. The molecule has 0 aliphatic carbocycles. The lowest BCUT2D eigenvalue weighted by Gasteiger charge is -2.32. The van der Waals surface area contributed by atoms with E-state index in [0.717, 1.165) is 25.1 Å². The maximum Gasteiger partial charge on any atom is 0.341 e. The second-order valence-corrected chi connectivity index (χ2v) is 8.21. The van der Waals surface area contributed by atoms with Crippen molar-refractivity contribution in [2.75, 3.05) is 26.3 Å². The third-order valence-corrected chi connectivity index (χ3v) is 6.70. The largest absolute Gasteiger partial charge is 0.459 e. The molecule has 1 N–H and O–H groups in total. The zero-order valence-corrected chi connectivity index (χ0v) is 14.9. The fourth-order valence-electron chi connectivity index (χ4n) is 4.66. The van der Waals surface area contributed by atoms with E-state index in [-0.39, 0.29) is 37.9 Å². The molecule has 8 heteroatoms. The lowest BCUT2D eigenvalue weighted by atomic mass is 9.80. The first kappa shape index (κ1) is 16.7. The molecule has 0 aromatic rings. The first-order chi connectivity index (χ1) is 12.3. The fraction of sp³-hybridized carbons (Fsp3) is 0.778. The number of nitrogens with zero attached hydrogens (tertiary/aromatic N) is 1. The summed E-state index contributed by atoms with van der Waals surface area (Å²) in [6, 6.07) is -0.0756. The topological polar surface area (TPSA) is 101 Å². The Bertz CT molecular complexity index is 712. The van der Waals surface area contributed by atoms with E-state index in [1.54, 1.807) is 6.92 Å². The summed E-state index contributed by atoms with van der Waals surface area (Å²) in [6.45, 7) is 4.99. The minimum absolute atomic E-state index is 0.0753. The molecule has 4 saturated heterocycles. The molecule has 26 heavy (non-hydrogen) atoms. The smallest absolute Gasteiger partial charge is 0.341 e. The van der Waals surface area contributed by atoms with E-state index >= 15 is 0 Å². The summed E-state index contributed by atoms with van der Waals surface area (Å²) in [5.74, 6) is -1.16. The molecular weight excluding hydrogens is 342 g/mol. The highest BCUT2D eigenvalue weighted by Crippen LogP contribution is 2.53. The van der Waals surface area contributed by atoms with Crippen molar-refractivity contribution in [1.82, 2.24) is 4.90 Å². The van der Waals surface area contributed by atoms with Crippen LogP contribution in [-0.4, -0.2) is 83.3 Å². The Labute approximate surface area is 151 Å². The van der Waals surface area contributed by atoms with Gasteiger partial charge < -0.3 is 24.1 Å². The predicted molar refractivity (Wildman–Crippen MR) is 86.1 cm³/mol. The third-order valence-electron chi connectivity index (χ3n) is 6.70. The van der Waals surface area contributed by atoms with Gasteiger partial charge in [0.1, 0.15) is 18.3 Å². The van der Waals surface area contributed by atoms with Gasteiger partial charge in [0.2, 0.25) is 0 Å². The first-order valence-electron chi connectivity index (χ1n) is 9.15. The van der Waals surface area contributed by atoms with Gasteiger partial charge in [-0.2, -0.15) is 0 Å². The molecule has 0 aromatic carbocycles. The maximum atomic E-state index is 13.0. The van der Waals surface area contributed by atoms with Gasteiger partial charge in [-0.25, -0.2) is 9.59 Å². The van der Waals surface area contributed by atoms with Gasteiger partial charge in [-0.15, -0.1) is 0 Å². The monoisotopic (exact) mass is 365 g/mol. The maximum absolute atomic E-state index is 13.0. The van der Waals surface area contributed by atoms with E-state index in [1.165, 1.54) is 6.92 Å². The Hall–Kier alpha value is -1.48. The van der Waals surface area contributed by atoms with Gasteiger partial charge >= 0.3 is 11.9 Å². The highest BCUT2D eigenvalue weighted by Gasteiger charge is 2.73. The molecule has 5 aliphatic rings. The second kappa shape index (κ2) is 5.07. The van der Waals surface area contributed by atoms with Crippen molar-refractivity contribution in [2.45, 2.75) is 61.7 Å². The summed E-state index contributed by atoms with van der Waals surface area (Å²) in [5.41, 5.74) is -3.30. The lowest BCUT2D eigenvalue weighted by molar-refractivity contribution is -0.175. The van der Waals surface area contributed by atoms with Crippen LogP contribution in [0.2, 0.25) is 0 Å². The molecule has 0 aromatic heterocycles. The Morgan fingerprint density at radius 3 is 2.69 bits per heavy atom. The van der Waals surface area contributed by atoms with E-state index in [1.807, 2.05) is 6.08 Å². The van der Waals surface area contributed by atoms with Crippen LogP contribution >= 0.6 is 0 Å². The van der Waals surface area contributed by atoms with E-state index in [0.29, 0.717) is 0 Å². The van der Waals surface area contributed by atoms with Crippen LogP contribution in [0.25, 0.3) is 0 Å². The summed E-state index contributed by atoms with van der Waals surface area (Å²) in [5, 5.41) is 10.9. The Morgan fingerprint density at radius 1 is 1.31 bits per heavy atom. The quantitative estimate of drug-likeness (QED) is 0.350. The van der Waals surface area contributed by atoms with Gasteiger partial charge in [0.25, 0.3) is 0 Å². The van der Waals surface area contributed by atoms with E-state index in [9.17, 15) is 14.7 Å². The van der Waals surface area contributed by atoms with Gasteiger partial charge in [-0.05, 0) is 25.8 Å². The minimum atomic E-state index is -1.86. The van der Waals surface area contributed by atoms with Crippen molar-refractivity contribution in [3.63, 3.8) is 0 Å². The number of hydrogen-bond donors (Lipinski definition) is 1. The molecule has 0 saturated carbocycles. The molecule has 5 rings (SSSR count). The third kappa shape index (κ3) is 2.10. The van der Waals surface area contributed by atoms with Gasteiger partial charge in [-0.1, -0.05) is 6.08 Å². The molecule has 0 amide bonds. The molecule has 0 bridgehead atoms. The normalized spacial score (nSPS) is 50.6. The summed E-state index contributed by atoms with van der Waals surface area (Å²) < 4.78 is 22.4. The van der Waals surface area contributed by atoms with Crippen molar-refractivity contribution in [3.8, 4) is 0 Å². The highest BCUT2D eigenvalue weighted by molar-refractivity contribution is 5.86. The standard InChI is InChI=1S/C18H23NO7/c1-10-18(26-10)8-17(9-24-17)16(2,22)14(20)23-7-11-3-5-19-6-4-12(13(11)19)25-15(18)21/h3,10,12-13,22H,4-9H2,1-2H3. The molecule has 142 valence electrons. The van der Waals surface area contributed by atoms with Crippen LogP contribution in [-0.2, 0) is 28.5 Å². The average Bonchev–Trinajstić information content (AvgIpc) is 3.40. The van der Waals surface area contributed by atoms with Crippen molar-refractivity contribution in [2.24, 2.45) is 0 Å². The summed E-state index contributed by atoms with van der Waals surface area (Å²) >= 11 is 0. The molecular formula is C18H23NO7. The van der Waals surface area contributed by atoms with E-state index in [4.69, 9.17) is 18.9 Å². The fourth-order valence-corrected chi connectivity index (χ4v) is 4.66. The van der Waals surface area contributed by atoms with Crippen LogP contribution in [0.15, 0.2) is 11.6 Å². The van der Waals surface area contributed by atoms with Crippen LogP contribution in [0.1, 0.15) is 26.7 Å². The molecule has 6 atom stereocenters. The molecule has 4 fully saturated rings. The Morgan fingerprint density at radius 2 is 2.04 bits per heavy atom. The predicted octanol–water partition coefficient (Wildman–Crippen LogP) is -0.463. The molecule has 5 heterocycles. The number of epoxide rings is 2. The summed E-state index contributed by atoms with van der Waals surface area (Å²) in [7, 11) is 0. The van der Waals surface area contributed by atoms with E-state index < -0.39 is 28.7 Å². The lowest BCUT2D eigenvalue weighted by Crippen LogP contribution is -2.54. The number of carbonyl (C=O) groups is 2. The summed E-state index contributed by atoms with van der Waals surface area (Å²) in [4.78, 5) is 27.8. The molecule has 6 unspecified atom stereocenters. The van der Waals surface area contributed by atoms with Crippen LogP contribution in [0.3, 0.4) is 0 Å². The van der Waals surface area contributed by atoms with Crippen molar-refractivity contribution < 1.29 is 33.6 Å². The van der Waals surface area contributed by atoms with Gasteiger partial charge in [0.05, 0.1) is 18.8 Å². The van der Waals surface area contributed by atoms with Crippen molar-refractivity contribution >= 4 is 11.9 Å². The number of carbonyl (C=O) groups excluding carboxylic acids is 2. The number of aliphatic hydroxyl groups is 1. The Balaban J connectivity index is 1.51. The first-order valence-corrected chi connectivity index (χ1v) is 9.15. The average molecular weight is 365 g/mol. The van der Waals surface area contributed by atoms with Crippen LogP contribution in [0, 0.1) is 0 Å². The number of ether oxygens (including phenoxy) is 4. The van der Waals surface area contributed by atoms with Gasteiger partial charge in [0.15, 0.2) is 11.2 Å². The molecule has 5 aliphatic heterocycles. The number of esters is 2. The SMILES string of the molecule is CC1OC12CC1(CO1)C(C)(O)C(=O)OCC1=CCN3CCC(OC2=O)C13. The van der Waals surface area contributed by atoms with Gasteiger partial charge in [-0.3, -0.25) is 4.90 Å². The number of rotatable bonds is 0. The summed E-state index contributed by atoms with van der Waals surface area (Å²) in [6.07, 6.45) is 2.20. The Kier molecular flexibility index (Phi) is 3.25. The number of cyclic esters (lactones) is 1. The van der Waals surface area contributed by atoms with Crippen LogP contribution < -0.4 is 0 Å². The highest BCUT2D eigenvalue weighted by atomic mass is 16.7. The second-order valence-electron chi connectivity index (χ2n) is 8.21. The zero-order chi connectivity index (χ0) is 18.3. The molecule has 0 radical (unpaired) electrons. The van der Waals surface area contributed by atoms with Crippen LogP contribution in [0.5, 0.6) is 0 Å². The van der Waals surface area contributed by atoms with Crippen LogP contribution in [0.4, 0.5) is 0 Å². The van der Waals surface area contributed by atoms with E-state index in [2.05, 4.69) is 4.90 Å². The van der Waals surface area contributed by atoms with Crippen molar-refractivity contribution in [1.29, 1.82) is 0 Å². The van der Waals surface area contributed by atoms with Crippen molar-refractivity contribution in [3.05, 3.63) is 11.6 Å². The zero-order valence-electron chi connectivity index (χ0n) is 14.9. The van der Waals surface area contributed by atoms with Gasteiger partial charge in [0, 0.05) is 19.5 Å². The minimum Gasteiger partial charge on any atom is -0.459 e. The molecule has 8 nitrogen and oxygen atoms in total. The molecule has 2 spiro atoms.